The van der Waals surface area contributed by atoms with E-state index in [1.54, 1.807) is 0 Å². The van der Waals surface area contributed by atoms with Crippen molar-refractivity contribution in [2.24, 2.45) is 0 Å². The second-order valence-electron chi connectivity index (χ2n) is 14.0. The van der Waals surface area contributed by atoms with Gasteiger partial charge in [0.1, 0.15) is 11.2 Å². The molecule has 5 nitrogen and oxygen atoms in total. The number of rotatable bonds is 6. The second kappa shape index (κ2) is 13.0. The maximum absolute atomic E-state index is 6.52. The number of benzene rings is 8. The first-order valence-corrected chi connectivity index (χ1v) is 18.8. The zero-order valence-corrected chi connectivity index (χ0v) is 30.2. The Hall–Kier alpha value is -7.63. The summed E-state index contributed by atoms with van der Waals surface area (Å²) in [7, 11) is 0. The van der Waals surface area contributed by atoms with Gasteiger partial charge in [-0.15, -0.1) is 0 Å². The lowest BCUT2D eigenvalue weighted by atomic mass is 9.96. The fraction of sp³-hybridized carbons (Fsp3) is 0. The van der Waals surface area contributed by atoms with Gasteiger partial charge in [0.05, 0.1) is 16.7 Å². The van der Waals surface area contributed by atoms with E-state index in [9.17, 15) is 0 Å². The summed E-state index contributed by atoms with van der Waals surface area (Å²) in [6.07, 6.45) is 0. The molecule has 0 N–H and O–H groups in total. The minimum atomic E-state index is 0.595. The van der Waals surface area contributed by atoms with Crippen LogP contribution in [-0.2, 0) is 0 Å². The molecular formula is C51H32N4O. The van der Waals surface area contributed by atoms with Crippen molar-refractivity contribution in [1.29, 1.82) is 0 Å². The van der Waals surface area contributed by atoms with Gasteiger partial charge >= 0.3 is 0 Å². The smallest absolute Gasteiger partial charge is 0.164 e. The topological polar surface area (TPSA) is 56.7 Å². The second-order valence-corrected chi connectivity index (χ2v) is 14.0. The molecule has 56 heavy (non-hydrogen) atoms. The number of nitrogens with zero attached hydrogens (tertiary/aromatic N) is 4. The summed E-state index contributed by atoms with van der Waals surface area (Å²) in [4.78, 5) is 15.1. The predicted octanol–water partition coefficient (Wildman–Crippen LogP) is 13.2. The first-order chi connectivity index (χ1) is 27.8. The molecule has 0 unspecified atom stereocenters. The molecule has 8 aromatic carbocycles. The third-order valence-electron chi connectivity index (χ3n) is 10.7. The van der Waals surface area contributed by atoms with Crippen LogP contribution >= 0.6 is 0 Å². The Labute approximate surface area is 322 Å². The van der Waals surface area contributed by atoms with E-state index in [1.807, 2.05) is 72.8 Å². The maximum atomic E-state index is 6.52. The summed E-state index contributed by atoms with van der Waals surface area (Å²) in [5, 5.41) is 4.43. The lowest BCUT2D eigenvalue weighted by Crippen LogP contribution is -2.00. The minimum Gasteiger partial charge on any atom is -0.456 e. The van der Waals surface area contributed by atoms with Crippen LogP contribution in [-0.4, -0.2) is 19.5 Å². The molecule has 0 fully saturated rings. The van der Waals surface area contributed by atoms with Gasteiger partial charge in [-0.2, -0.15) is 0 Å². The number of fused-ring (bicyclic) bond motifs is 6. The zero-order chi connectivity index (χ0) is 37.0. The van der Waals surface area contributed by atoms with Gasteiger partial charge in [0.25, 0.3) is 0 Å². The Balaban J connectivity index is 1.12. The number of furan rings is 1. The summed E-state index contributed by atoms with van der Waals surface area (Å²) < 4.78 is 8.93. The molecule has 0 amide bonds. The monoisotopic (exact) mass is 716 g/mol. The third-order valence-corrected chi connectivity index (χ3v) is 10.7. The van der Waals surface area contributed by atoms with E-state index >= 15 is 0 Å². The fourth-order valence-electron chi connectivity index (χ4n) is 8.06. The van der Waals surface area contributed by atoms with Crippen molar-refractivity contribution in [3.63, 3.8) is 0 Å². The largest absolute Gasteiger partial charge is 0.456 e. The van der Waals surface area contributed by atoms with Crippen LogP contribution in [0, 0.1) is 0 Å². The number of hydrogen-bond acceptors (Lipinski definition) is 4. The van der Waals surface area contributed by atoms with Gasteiger partial charge in [-0.3, -0.25) is 0 Å². The Bertz CT molecular complexity index is 3130. The molecule has 0 saturated carbocycles. The predicted molar refractivity (Wildman–Crippen MR) is 229 cm³/mol. The van der Waals surface area contributed by atoms with Crippen molar-refractivity contribution in [2.75, 3.05) is 0 Å². The highest BCUT2D eigenvalue weighted by molar-refractivity contribution is 6.13. The van der Waals surface area contributed by atoms with Gasteiger partial charge in [-0.1, -0.05) is 158 Å². The Morgan fingerprint density at radius 3 is 1.52 bits per heavy atom. The molecule has 0 bridgehead atoms. The van der Waals surface area contributed by atoms with Crippen molar-refractivity contribution in [2.45, 2.75) is 0 Å². The van der Waals surface area contributed by atoms with Crippen LogP contribution in [0.1, 0.15) is 0 Å². The summed E-state index contributed by atoms with van der Waals surface area (Å²) in [5.41, 5.74) is 12.3. The average molecular weight is 717 g/mol. The van der Waals surface area contributed by atoms with Gasteiger partial charge in [0.15, 0.2) is 17.5 Å². The van der Waals surface area contributed by atoms with Crippen LogP contribution in [0.15, 0.2) is 199 Å². The lowest BCUT2D eigenvalue weighted by molar-refractivity contribution is 0.669. The maximum Gasteiger partial charge on any atom is 0.164 e. The molecule has 0 radical (unpaired) electrons. The van der Waals surface area contributed by atoms with Gasteiger partial charge < -0.3 is 8.98 Å². The Morgan fingerprint density at radius 1 is 0.339 bits per heavy atom. The Kier molecular flexibility index (Phi) is 7.42. The molecule has 0 aliphatic carbocycles. The summed E-state index contributed by atoms with van der Waals surface area (Å²) in [6, 6.07) is 67.6. The lowest BCUT2D eigenvalue weighted by Gasteiger charge is -2.16. The molecule has 11 rings (SSSR count). The zero-order valence-electron chi connectivity index (χ0n) is 30.2. The molecule has 3 aromatic heterocycles. The number of hydrogen-bond donors (Lipinski definition) is 0. The van der Waals surface area contributed by atoms with Crippen LogP contribution in [0.25, 0.3) is 106 Å². The van der Waals surface area contributed by atoms with Gasteiger partial charge in [0.2, 0.25) is 0 Å². The normalized spacial score (nSPS) is 11.6. The van der Waals surface area contributed by atoms with Crippen molar-refractivity contribution in [3.05, 3.63) is 194 Å². The van der Waals surface area contributed by atoms with E-state index in [2.05, 4.69) is 126 Å². The highest BCUT2D eigenvalue weighted by atomic mass is 16.3. The molecule has 5 heteroatoms. The average Bonchev–Trinajstić information content (AvgIpc) is 3.82. The van der Waals surface area contributed by atoms with Crippen molar-refractivity contribution >= 4 is 43.7 Å². The van der Waals surface area contributed by atoms with Crippen molar-refractivity contribution < 1.29 is 4.42 Å². The van der Waals surface area contributed by atoms with Crippen molar-refractivity contribution in [1.82, 2.24) is 19.5 Å². The van der Waals surface area contributed by atoms with Crippen LogP contribution in [0.3, 0.4) is 0 Å². The summed E-state index contributed by atoms with van der Waals surface area (Å²) >= 11 is 0. The SMILES string of the molecule is c1ccc(-c2nc(-c3ccccc3)nc(-c3cccc4oc5ccc(-c6ccc(-c7ccccc7)c(-n7c8ccccc8c8ccccc87)c6)cc5c34)n2)cc1. The molecule has 0 aliphatic heterocycles. The molecule has 0 spiro atoms. The molecule has 11 aromatic rings. The van der Waals surface area contributed by atoms with Crippen LogP contribution in [0.2, 0.25) is 0 Å². The summed E-state index contributed by atoms with van der Waals surface area (Å²) in [5.74, 6) is 1.84. The highest BCUT2D eigenvalue weighted by Crippen LogP contribution is 2.41. The van der Waals surface area contributed by atoms with Crippen LogP contribution in [0.5, 0.6) is 0 Å². The highest BCUT2D eigenvalue weighted by Gasteiger charge is 2.20. The third kappa shape index (κ3) is 5.29. The van der Waals surface area contributed by atoms with Gasteiger partial charge in [-0.25, -0.2) is 15.0 Å². The first-order valence-electron chi connectivity index (χ1n) is 18.8. The van der Waals surface area contributed by atoms with Crippen LogP contribution < -0.4 is 0 Å². The van der Waals surface area contributed by atoms with Gasteiger partial charge in [-0.05, 0) is 53.1 Å². The first kappa shape index (κ1) is 31.9. The van der Waals surface area contributed by atoms with Crippen molar-refractivity contribution in [3.8, 4) is 62.1 Å². The van der Waals surface area contributed by atoms with E-state index in [4.69, 9.17) is 19.4 Å². The van der Waals surface area contributed by atoms with E-state index in [0.717, 1.165) is 61.0 Å². The summed E-state index contributed by atoms with van der Waals surface area (Å²) in [6.45, 7) is 0. The number of aromatic nitrogens is 4. The standard InChI is InChI=1S/C51H32N4O/c1-4-15-33(16-5-1)38-29-27-37(32-45(38)55-43-24-12-10-21-39(43)40-22-11-13-25-44(40)55)36-28-30-46-42(31-36)48-41(23-14-26-47(48)56-46)51-53-49(34-17-6-2-7-18-34)52-50(54-51)35-19-8-3-9-20-35/h1-32H. The van der Waals surface area contributed by atoms with E-state index in [0.29, 0.717) is 17.5 Å². The Morgan fingerprint density at radius 2 is 0.875 bits per heavy atom. The molecule has 0 saturated heterocycles. The van der Waals surface area contributed by atoms with Gasteiger partial charge in [0, 0.05) is 43.8 Å². The molecule has 262 valence electrons. The molecule has 3 heterocycles. The fourth-order valence-corrected chi connectivity index (χ4v) is 8.06. The molecule has 0 aliphatic rings. The molecular weight excluding hydrogens is 685 g/mol. The van der Waals surface area contributed by atoms with E-state index < -0.39 is 0 Å². The number of para-hydroxylation sites is 2. The quantitative estimate of drug-likeness (QED) is 0.172. The van der Waals surface area contributed by atoms with E-state index in [1.165, 1.54) is 27.4 Å². The minimum absolute atomic E-state index is 0.595. The molecule has 0 atom stereocenters. The van der Waals surface area contributed by atoms with E-state index in [-0.39, 0.29) is 0 Å². The van der Waals surface area contributed by atoms with Crippen LogP contribution in [0.4, 0.5) is 0 Å².